The van der Waals surface area contributed by atoms with Gasteiger partial charge in [-0.1, -0.05) is 18.2 Å². The highest BCUT2D eigenvalue weighted by molar-refractivity contribution is 5.94. The Kier molecular flexibility index (Phi) is 5.49. The monoisotopic (exact) mass is 461 g/mol. The Balaban J connectivity index is 1.46. The minimum atomic E-state index is -4.45. The first-order valence-electron chi connectivity index (χ1n) is 10.6. The van der Waals surface area contributed by atoms with Crippen molar-refractivity contribution in [1.29, 1.82) is 0 Å². The highest BCUT2D eigenvalue weighted by Gasteiger charge is 2.42. The second-order valence-corrected chi connectivity index (χ2v) is 8.24. The smallest absolute Gasteiger partial charge is 0.422 e. The molecule has 10 heteroatoms. The van der Waals surface area contributed by atoms with E-state index >= 15 is 0 Å². The Labute approximate surface area is 187 Å². The number of hydrogen-bond acceptors (Lipinski definition) is 5. The van der Waals surface area contributed by atoms with Crippen LogP contribution >= 0.6 is 0 Å². The van der Waals surface area contributed by atoms with E-state index in [1.165, 1.54) is 6.07 Å². The number of aromatic nitrogens is 2. The molecule has 0 N–H and O–H groups in total. The van der Waals surface area contributed by atoms with Crippen LogP contribution in [-0.4, -0.2) is 71.5 Å². The fourth-order valence-corrected chi connectivity index (χ4v) is 4.31. The molecule has 2 aliphatic rings. The first-order chi connectivity index (χ1) is 15.8. The van der Waals surface area contributed by atoms with E-state index in [0.29, 0.717) is 49.7 Å². The van der Waals surface area contributed by atoms with Gasteiger partial charge in [-0.05, 0) is 18.2 Å². The van der Waals surface area contributed by atoms with Gasteiger partial charge in [0.1, 0.15) is 22.7 Å². The molecule has 4 heterocycles. The molecule has 0 aliphatic carbocycles. The number of benzene rings is 1. The summed E-state index contributed by atoms with van der Waals surface area (Å²) in [7, 11) is 0. The molecule has 1 amide bonds. The summed E-state index contributed by atoms with van der Waals surface area (Å²) in [6.45, 7) is 0.984. The Morgan fingerprint density at radius 3 is 2.76 bits per heavy atom. The minimum absolute atomic E-state index is 0.0927. The number of imidazole rings is 1. The van der Waals surface area contributed by atoms with Crippen LogP contribution in [0, 0.1) is 0 Å². The van der Waals surface area contributed by atoms with Crippen molar-refractivity contribution in [3.63, 3.8) is 0 Å². The van der Waals surface area contributed by atoms with Gasteiger partial charge in [0, 0.05) is 43.1 Å². The Morgan fingerprint density at radius 2 is 1.97 bits per heavy atom. The van der Waals surface area contributed by atoms with Gasteiger partial charge in [0.15, 0.2) is 6.61 Å². The number of rotatable bonds is 4. The molecule has 2 aliphatic heterocycles. The third-order valence-electron chi connectivity index (χ3n) is 5.87. The first kappa shape index (κ1) is 21.7. The van der Waals surface area contributed by atoms with Gasteiger partial charge in [-0.15, -0.1) is 0 Å². The maximum absolute atomic E-state index is 13.2. The van der Waals surface area contributed by atoms with Crippen LogP contribution in [0.25, 0.3) is 16.8 Å². The first-order valence-corrected chi connectivity index (χ1v) is 10.6. The van der Waals surface area contributed by atoms with Crippen molar-refractivity contribution in [2.45, 2.75) is 18.2 Å². The van der Waals surface area contributed by atoms with E-state index in [4.69, 9.17) is 14.2 Å². The van der Waals surface area contributed by atoms with E-state index in [1.807, 2.05) is 0 Å². The molecule has 0 saturated carbocycles. The molecule has 174 valence electrons. The van der Waals surface area contributed by atoms with E-state index in [2.05, 4.69) is 4.98 Å². The van der Waals surface area contributed by atoms with Gasteiger partial charge in [-0.3, -0.25) is 4.79 Å². The molecular weight excluding hydrogens is 439 g/mol. The summed E-state index contributed by atoms with van der Waals surface area (Å²) in [5, 5.41) is 0. The maximum Gasteiger partial charge on any atom is 0.422 e. The zero-order valence-electron chi connectivity index (χ0n) is 17.7. The topological polar surface area (TPSA) is 65.3 Å². The SMILES string of the molecule is O=C(c1cn2cccc(-c3ccccc3OCC(F)(F)F)c2n1)N1CCO[C@@]2(CCOC2)C1. The number of hydrogen-bond donors (Lipinski definition) is 0. The van der Waals surface area contributed by atoms with Crippen molar-refractivity contribution in [3.8, 4) is 16.9 Å². The van der Waals surface area contributed by atoms with Gasteiger partial charge in [0.25, 0.3) is 5.91 Å². The molecule has 1 atom stereocenters. The summed E-state index contributed by atoms with van der Waals surface area (Å²) < 4.78 is 56.2. The van der Waals surface area contributed by atoms with Crippen LogP contribution in [-0.2, 0) is 9.47 Å². The largest absolute Gasteiger partial charge is 0.483 e. The second-order valence-electron chi connectivity index (χ2n) is 8.24. The molecule has 1 spiro atoms. The number of pyridine rings is 1. The predicted octanol–water partition coefficient (Wildman–Crippen LogP) is 3.57. The zero-order chi connectivity index (χ0) is 23.1. The lowest BCUT2D eigenvalue weighted by atomic mass is 10.0. The number of amides is 1. The summed E-state index contributed by atoms with van der Waals surface area (Å²) in [4.78, 5) is 19.5. The van der Waals surface area contributed by atoms with Crippen molar-refractivity contribution in [2.24, 2.45) is 0 Å². The van der Waals surface area contributed by atoms with E-state index in [-0.39, 0.29) is 17.4 Å². The standard InChI is InChI=1S/C23H22F3N3O4/c24-23(25,26)15-32-19-6-2-1-4-16(19)17-5-3-8-28-12-18(27-20(17)28)21(30)29-9-11-33-22(13-29)7-10-31-14-22/h1-6,8,12H,7,9-11,13-15H2/t22-/m0/s1. The average Bonchev–Trinajstić information content (AvgIpc) is 3.44. The Hall–Kier alpha value is -3.11. The summed E-state index contributed by atoms with van der Waals surface area (Å²) in [5.41, 5.74) is 1.28. The van der Waals surface area contributed by atoms with Gasteiger partial charge in [-0.25, -0.2) is 4.98 Å². The van der Waals surface area contributed by atoms with Gasteiger partial charge in [0.05, 0.1) is 19.8 Å². The molecule has 7 nitrogen and oxygen atoms in total. The van der Waals surface area contributed by atoms with Crippen LogP contribution in [0.1, 0.15) is 16.9 Å². The van der Waals surface area contributed by atoms with Crippen LogP contribution in [0.4, 0.5) is 13.2 Å². The van der Waals surface area contributed by atoms with Crippen LogP contribution in [0.5, 0.6) is 5.75 Å². The molecule has 0 bridgehead atoms. The summed E-state index contributed by atoms with van der Waals surface area (Å²) in [5.74, 6) is -0.129. The third-order valence-corrected chi connectivity index (χ3v) is 5.87. The molecule has 0 unspecified atom stereocenters. The number of morpholine rings is 1. The lowest BCUT2D eigenvalue weighted by molar-refractivity contribution is -0.153. The quantitative estimate of drug-likeness (QED) is 0.595. The maximum atomic E-state index is 13.2. The fourth-order valence-electron chi connectivity index (χ4n) is 4.31. The third kappa shape index (κ3) is 4.40. The number of para-hydroxylation sites is 1. The molecule has 0 radical (unpaired) electrons. The summed E-state index contributed by atoms with van der Waals surface area (Å²) in [6.07, 6.45) is -0.340. The minimum Gasteiger partial charge on any atom is -0.483 e. The number of carbonyl (C=O) groups excluding carboxylic acids is 1. The van der Waals surface area contributed by atoms with Crippen LogP contribution in [0.2, 0.25) is 0 Å². The van der Waals surface area contributed by atoms with Crippen molar-refractivity contribution in [2.75, 3.05) is 39.5 Å². The molecule has 3 aromatic rings. The van der Waals surface area contributed by atoms with E-state index in [1.54, 1.807) is 52.0 Å². The molecule has 2 saturated heterocycles. The number of halogens is 3. The number of alkyl halides is 3. The molecule has 2 aromatic heterocycles. The molecule has 33 heavy (non-hydrogen) atoms. The molecule has 1 aromatic carbocycles. The predicted molar refractivity (Wildman–Crippen MR) is 112 cm³/mol. The number of fused-ring (bicyclic) bond motifs is 1. The Bertz CT molecular complexity index is 1170. The van der Waals surface area contributed by atoms with Gasteiger partial charge < -0.3 is 23.5 Å². The van der Waals surface area contributed by atoms with Crippen LogP contribution in [0.3, 0.4) is 0 Å². The van der Waals surface area contributed by atoms with E-state index in [0.717, 1.165) is 6.42 Å². The highest BCUT2D eigenvalue weighted by atomic mass is 19.4. The normalized spacial score (nSPS) is 21.1. The van der Waals surface area contributed by atoms with Gasteiger partial charge in [0.2, 0.25) is 0 Å². The highest BCUT2D eigenvalue weighted by Crippen LogP contribution is 2.34. The van der Waals surface area contributed by atoms with E-state index in [9.17, 15) is 18.0 Å². The summed E-state index contributed by atoms with van der Waals surface area (Å²) >= 11 is 0. The van der Waals surface area contributed by atoms with Gasteiger partial charge in [-0.2, -0.15) is 13.2 Å². The van der Waals surface area contributed by atoms with Crippen molar-refractivity contribution < 1.29 is 32.2 Å². The van der Waals surface area contributed by atoms with Crippen molar-refractivity contribution in [1.82, 2.24) is 14.3 Å². The Morgan fingerprint density at radius 1 is 1.15 bits per heavy atom. The average molecular weight is 461 g/mol. The van der Waals surface area contributed by atoms with Crippen LogP contribution in [0.15, 0.2) is 48.8 Å². The lowest BCUT2D eigenvalue weighted by Crippen LogP contribution is -2.54. The molecule has 5 rings (SSSR count). The number of ether oxygens (including phenoxy) is 3. The van der Waals surface area contributed by atoms with Gasteiger partial charge >= 0.3 is 6.18 Å². The fraction of sp³-hybridized carbons (Fsp3) is 0.391. The van der Waals surface area contributed by atoms with Crippen LogP contribution < -0.4 is 4.74 Å². The molecule has 2 fully saturated rings. The number of nitrogens with zero attached hydrogens (tertiary/aromatic N) is 3. The lowest BCUT2D eigenvalue weighted by Gasteiger charge is -2.39. The van der Waals surface area contributed by atoms with E-state index < -0.39 is 18.4 Å². The van der Waals surface area contributed by atoms with Crippen molar-refractivity contribution >= 4 is 11.6 Å². The zero-order valence-corrected chi connectivity index (χ0v) is 17.7. The number of carbonyl (C=O) groups is 1. The molecular formula is C23H22F3N3O4. The second kappa shape index (κ2) is 8.35. The van der Waals surface area contributed by atoms with Crippen molar-refractivity contribution in [3.05, 3.63) is 54.5 Å². The summed E-state index contributed by atoms with van der Waals surface area (Å²) in [6, 6.07) is 9.96.